The first-order valence-electron chi connectivity index (χ1n) is 5.67. The summed E-state index contributed by atoms with van der Waals surface area (Å²) in [5, 5.41) is 21.6. The molecule has 0 saturated heterocycles. The monoisotopic (exact) mass is 342 g/mol. The molecule has 2 rings (SSSR count). The van der Waals surface area contributed by atoms with Crippen molar-refractivity contribution >= 4 is 32.8 Å². The average molecular weight is 343 g/mol. The Morgan fingerprint density at radius 2 is 1.55 bits per heavy atom. The van der Waals surface area contributed by atoms with Crippen LogP contribution in [0, 0.1) is 20.2 Å². The van der Waals surface area contributed by atoms with Crippen molar-refractivity contribution in [2.45, 2.75) is 9.79 Å². The van der Waals surface area contributed by atoms with Crippen molar-refractivity contribution in [3.8, 4) is 0 Å². The summed E-state index contributed by atoms with van der Waals surface area (Å²) in [5.74, 6) is 0. The number of rotatable bonds is 4. The van der Waals surface area contributed by atoms with Crippen LogP contribution in [-0.2, 0) is 9.84 Å². The molecule has 0 bridgehead atoms. The fraction of sp³-hybridized carbons (Fsp3) is 0. The molecule has 0 unspecified atom stereocenters. The number of nitro groups is 2. The second kappa shape index (κ2) is 5.70. The number of sulfone groups is 1. The summed E-state index contributed by atoms with van der Waals surface area (Å²) in [6, 6.07) is 7.76. The van der Waals surface area contributed by atoms with Crippen LogP contribution in [0.15, 0.2) is 52.3 Å². The highest BCUT2D eigenvalue weighted by Gasteiger charge is 2.31. The Bertz CT molecular complexity index is 881. The molecule has 0 aliphatic carbocycles. The van der Waals surface area contributed by atoms with E-state index in [1.54, 1.807) is 0 Å². The third-order valence-corrected chi connectivity index (χ3v) is 5.07. The van der Waals surface area contributed by atoms with Crippen molar-refractivity contribution < 1.29 is 18.3 Å². The molecule has 0 N–H and O–H groups in total. The Morgan fingerprint density at radius 3 is 2.09 bits per heavy atom. The third kappa shape index (κ3) is 2.76. The van der Waals surface area contributed by atoms with Crippen LogP contribution in [0.4, 0.5) is 11.4 Å². The van der Waals surface area contributed by atoms with Gasteiger partial charge < -0.3 is 0 Å². The standard InChI is InChI=1S/C12H7ClN2O6S/c13-9-3-1-2-4-11(9)22(20,21)12-6-5-8(14(16)17)7-10(12)15(18)19/h1-7H. The average Bonchev–Trinajstić information content (AvgIpc) is 2.46. The van der Waals surface area contributed by atoms with E-state index < -0.39 is 36.0 Å². The highest BCUT2D eigenvalue weighted by Crippen LogP contribution is 2.34. The largest absolute Gasteiger partial charge is 0.295 e. The van der Waals surface area contributed by atoms with Gasteiger partial charge in [-0.1, -0.05) is 23.7 Å². The zero-order valence-corrected chi connectivity index (χ0v) is 12.2. The zero-order chi connectivity index (χ0) is 16.5. The van der Waals surface area contributed by atoms with Crippen LogP contribution in [-0.4, -0.2) is 18.3 Å². The highest BCUT2D eigenvalue weighted by molar-refractivity contribution is 7.91. The quantitative estimate of drug-likeness (QED) is 0.622. The van der Waals surface area contributed by atoms with Gasteiger partial charge in [0.2, 0.25) is 9.84 Å². The predicted molar refractivity (Wildman–Crippen MR) is 76.7 cm³/mol. The molecule has 2 aromatic carbocycles. The maximum Gasteiger partial charge on any atom is 0.295 e. The fourth-order valence-corrected chi connectivity index (χ4v) is 3.69. The molecule has 0 spiro atoms. The lowest BCUT2D eigenvalue weighted by atomic mass is 10.3. The van der Waals surface area contributed by atoms with Crippen molar-refractivity contribution in [3.63, 3.8) is 0 Å². The molecule has 2 aromatic rings. The lowest BCUT2D eigenvalue weighted by molar-refractivity contribution is -0.396. The van der Waals surface area contributed by atoms with E-state index in [1.165, 1.54) is 24.3 Å². The summed E-state index contributed by atoms with van der Waals surface area (Å²) in [4.78, 5) is 18.9. The topological polar surface area (TPSA) is 120 Å². The number of benzene rings is 2. The minimum atomic E-state index is -4.28. The van der Waals surface area contributed by atoms with Crippen LogP contribution in [0.2, 0.25) is 5.02 Å². The van der Waals surface area contributed by atoms with Crippen molar-refractivity contribution in [3.05, 3.63) is 67.7 Å². The maximum absolute atomic E-state index is 12.5. The predicted octanol–water partition coefficient (Wildman–Crippen LogP) is 2.99. The van der Waals surface area contributed by atoms with Gasteiger partial charge >= 0.3 is 0 Å². The number of non-ortho nitro benzene ring substituents is 1. The summed E-state index contributed by atoms with van der Waals surface area (Å²) < 4.78 is 25.0. The van der Waals surface area contributed by atoms with Crippen LogP contribution < -0.4 is 0 Å². The van der Waals surface area contributed by atoms with Gasteiger partial charge in [0.1, 0.15) is 4.90 Å². The molecule has 114 valence electrons. The molecule has 0 atom stereocenters. The molecule has 0 saturated carbocycles. The molecule has 0 radical (unpaired) electrons. The SMILES string of the molecule is O=[N+]([O-])c1ccc(S(=O)(=O)c2ccccc2Cl)c([N+](=O)[O-])c1. The molecule has 10 heteroatoms. The van der Waals surface area contributed by atoms with E-state index in [0.717, 1.165) is 12.1 Å². The molecule has 0 fully saturated rings. The van der Waals surface area contributed by atoms with Gasteiger partial charge in [0.15, 0.2) is 0 Å². The Balaban J connectivity index is 2.74. The third-order valence-electron chi connectivity index (χ3n) is 2.77. The highest BCUT2D eigenvalue weighted by atomic mass is 35.5. The summed E-state index contributed by atoms with van der Waals surface area (Å²) in [5.41, 5.74) is -1.46. The second-order valence-electron chi connectivity index (χ2n) is 4.10. The van der Waals surface area contributed by atoms with Gasteiger partial charge in [0.05, 0.1) is 25.8 Å². The van der Waals surface area contributed by atoms with Crippen LogP contribution in [0.5, 0.6) is 0 Å². The zero-order valence-electron chi connectivity index (χ0n) is 10.7. The first-order chi connectivity index (χ1) is 10.2. The summed E-state index contributed by atoms with van der Waals surface area (Å²) in [6.07, 6.45) is 0. The van der Waals surface area contributed by atoms with E-state index in [0.29, 0.717) is 6.07 Å². The number of nitrogens with zero attached hydrogens (tertiary/aromatic N) is 2. The Hall–Kier alpha value is -2.52. The van der Waals surface area contributed by atoms with Crippen LogP contribution in [0.25, 0.3) is 0 Å². The van der Waals surface area contributed by atoms with E-state index in [4.69, 9.17) is 11.6 Å². The Labute approximate surface area is 129 Å². The van der Waals surface area contributed by atoms with Crippen LogP contribution in [0.3, 0.4) is 0 Å². The normalized spacial score (nSPS) is 11.1. The van der Waals surface area contributed by atoms with Gasteiger partial charge in [-0.3, -0.25) is 20.2 Å². The Morgan fingerprint density at radius 1 is 0.909 bits per heavy atom. The van der Waals surface area contributed by atoms with Crippen molar-refractivity contribution in [1.82, 2.24) is 0 Å². The lowest BCUT2D eigenvalue weighted by Crippen LogP contribution is -2.07. The van der Waals surface area contributed by atoms with E-state index >= 15 is 0 Å². The minimum absolute atomic E-state index is 0.102. The molecular weight excluding hydrogens is 336 g/mol. The van der Waals surface area contributed by atoms with E-state index in [-0.39, 0.29) is 9.92 Å². The molecule has 8 nitrogen and oxygen atoms in total. The number of hydrogen-bond donors (Lipinski definition) is 0. The first-order valence-corrected chi connectivity index (χ1v) is 7.53. The number of hydrogen-bond acceptors (Lipinski definition) is 6. The van der Waals surface area contributed by atoms with E-state index in [2.05, 4.69) is 0 Å². The maximum atomic E-state index is 12.5. The number of nitro benzene ring substituents is 2. The van der Waals surface area contributed by atoms with Gasteiger partial charge in [-0.05, 0) is 18.2 Å². The molecule has 0 aliphatic rings. The first kappa shape index (κ1) is 15.9. The second-order valence-corrected chi connectivity index (χ2v) is 6.39. The number of halogens is 1. The fourth-order valence-electron chi connectivity index (χ4n) is 1.77. The van der Waals surface area contributed by atoms with Gasteiger partial charge in [0.25, 0.3) is 11.4 Å². The summed E-state index contributed by atoms with van der Waals surface area (Å²) in [7, 11) is -4.28. The van der Waals surface area contributed by atoms with Gasteiger partial charge in [0, 0.05) is 6.07 Å². The summed E-state index contributed by atoms with van der Waals surface area (Å²) in [6.45, 7) is 0. The van der Waals surface area contributed by atoms with E-state index in [9.17, 15) is 28.6 Å². The molecule has 0 heterocycles. The Kier molecular flexibility index (Phi) is 4.11. The molecular formula is C12H7ClN2O6S. The van der Waals surface area contributed by atoms with Crippen molar-refractivity contribution in [2.24, 2.45) is 0 Å². The smallest absolute Gasteiger partial charge is 0.258 e. The van der Waals surface area contributed by atoms with Gasteiger partial charge in [-0.25, -0.2) is 8.42 Å². The molecule has 0 aliphatic heterocycles. The van der Waals surface area contributed by atoms with Gasteiger partial charge in [-0.2, -0.15) is 0 Å². The van der Waals surface area contributed by atoms with Crippen molar-refractivity contribution in [2.75, 3.05) is 0 Å². The molecule has 22 heavy (non-hydrogen) atoms. The lowest BCUT2D eigenvalue weighted by Gasteiger charge is -2.07. The van der Waals surface area contributed by atoms with E-state index in [1.807, 2.05) is 0 Å². The molecule has 0 amide bonds. The van der Waals surface area contributed by atoms with Crippen molar-refractivity contribution in [1.29, 1.82) is 0 Å². The molecule has 0 aromatic heterocycles. The summed E-state index contributed by atoms with van der Waals surface area (Å²) >= 11 is 5.82. The minimum Gasteiger partial charge on any atom is -0.258 e. The van der Waals surface area contributed by atoms with Crippen LogP contribution in [0.1, 0.15) is 0 Å². The van der Waals surface area contributed by atoms with Gasteiger partial charge in [-0.15, -0.1) is 0 Å². The van der Waals surface area contributed by atoms with Crippen LogP contribution >= 0.6 is 11.6 Å².